The summed E-state index contributed by atoms with van der Waals surface area (Å²) < 4.78 is 7.75. The van der Waals surface area contributed by atoms with Crippen molar-refractivity contribution in [3.63, 3.8) is 0 Å². The lowest BCUT2D eigenvalue weighted by molar-refractivity contribution is 0.0899. The SMILES string of the molecule is C[Si](C)(C)CCOCn1ccc2cc(CC#N)cnc21. The van der Waals surface area contributed by atoms with Gasteiger partial charge >= 0.3 is 0 Å². The minimum absolute atomic E-state index is 0.404. The third kappa shape index (κ3) is 3.92. The highest BCUT2D eigenvalue weighted by atomic mass is 28.3. The summed E-state index contributed by atoms with van der Waals surface area (Å²) in [6.45, 7) is 8.39. The molecule has 0 spiro atoms. The molecule has 0 bridgehead atoms. The fourth-order valence-corrected chi connectivity index (χ4v) is 2.71. The van der Waals surface area contributed by atoms with Gasteiger partial charge in [-0.25, -0.2) is 4.98 Å². The van der Waals surface area contributed by atoms with Crippen molar-refractivity contribution in [2.24, 2.45) is 0 Å². The Morgan fingerprint density at radius 3 is 2.90 bits per heavy atom. The van der Waals surface area contributed by atoms with Crippen LogP contribution in [0.1, 0.15) is 5.56 Å². The Balaban J connectivity index is 1.99. The van der Waals surface area contributed by atoms with E-state index in [1.54, 1.807) is 6.20 Å². The second kappa shape index (κ2) is 6.20. The van der Waals surface area contributed by atoms with E-state index in [0.717, 1.165) is 23.2 Å². The molecule has 2 aromatic rings. The van der Waals surface area contributed by atoms with E-state index in [9.17, 15) is 0 Å². The molecular weight excluding hydrogens is 266 g/mol. The van der Waals surface area contributed by atoms with Crippen LogP contribution in [0.4, 0.5) is 0 Å². The van der Waals surface area contributed by atoms with Gasteiger partial charge < -0.3 is 9.30 Å². The maximum atomic E-state index is 8.71. The lowest BCUT2D eigenvalue weighted by Crippen LogP contribution is -2.22. The van der Waals surface area contributed by atoms with Gasteiger partial charge in [0.05, 0.1) is 12.5 Å². The van der Waals surface area contributed by atoms with Gasteiger partial charge in [0.1, 0.15) is 12.4 Å². The molecule has 5 heteroatoms. The molecule has 0 saturated carbocycles. The quantitative estimate of drug-likeness (QED) is 0.604. The fraction of sp³-hybridized carbons (Fsp3) is 0.467. The minimum atomic E-state index is -1.03. The molecule has 0 amide bonds. The molecule has 0 unspecified atom stereocenters. The second-order valence-corrected chi connectivity index (χ2v) is 11.8. The number of rotatable bonds is 6. The van der Waals surface area contributed by atoms with E-state index in [2.05, 4.69) is 30.7 Å². The number of pyridine rings is 1. The van der Waals surface area contributed by atoms with Crippen LogP contribution in [-0.2, 0) is 17.9 Å². The molecule has 0 saturated heterocycles. The van der Waals surface area contributed by atoms with Gasteiger partial charge in [-0.2, -0.15) is 5.26 Å². The predicted octanol–water partition coefficient (Wildman–Crippen LogP) is 3.41. The minimum Gasteiger partial charge on any atom is -0.361 e. The van der Waals surface area contributed by atoms with Crippen molar-refractivity contribution in [2.45, 2.75) is 38.8 Å². The molecule has 0 aliphatic heterocycles. The van der Waals surface area contributed by atoms with Crippen LogP contribution in [0, 0.1) is 11.3 Å². The molecule has 106 valence electrons. The van der Waals surface area contributed by atoms with E-state index >= 15 is 0 Å². The topological polar surface area (TPSA) is 50.8 Å². The third-order valence-electron chi connectivity index (χ3n) is 3.17. The van der Waals surface area contributed by atoms with Crippen molar-refractivity contribution < 1.29 is 4.74 Å². The van der Waals surface area contributed by atoms with Crippen molar-refractivity contribution in [2.75, 3.05) is 6.61 Å². The summed E-state index contributed by atoms with van der Waals surface area (Å²) in [5.74, 6) is 0. The molecule has 2 heterocycles. The van der Waals surface area contributed by atoms with Crippen molar-refractivity contribution in [3.05, 3.63) is 30.1 Å². The van der Waals surface area contributed by atoms with E-state index in [0.29, 0.717) is 13.2 Å². The van der Waals surface area contributed by atoms with E-state index in [1.165, 1.54) is 6.04 Å². The Hall–Kier alpha value is -1.64. The summed E-state index contributed by atoms with van der Waals surface area (Å²) in [6.07, 6.45) is 4.16. The van der Waals surface area contributed by atoms with Crippen molar-refractivity contribution >= 4 is 19.1 Å². The first-order valence-corrected chi connectivity index (χ1v) is 10.6. The van der Waals surface area contributed by atoms with E-state index in [-0.39, 0.29) is 0 Å². The molecule has 0 atom stereocenters. The number of fused-ring (bicyclic) bond motifs is 1. The predicted molar refractivity (Wildman–Crippen MR) is 83.2 cm³/mol. The summed E-state index contributed by atoms with van der Waals surface area (Å²) in [6, 6.07) is 7.35. The molecule has 0 aliphatic rings. The van der Waals surface area contributed by atoms with Gasteiger partial charge in [0.25, 0.3) is 0 Å². The zero-order chi connectivity index (χ0) is 14.6. The van der Waals surface area contributed by atoms with Crippen LogP contribution in [0.3, 0.4) is 0 Å². The van der Waals surface area contributed by atoms with Crippen LogP contribution in [0.15, 0.2) is 24.5 Å². The van der Waals surface area contributed by atoms with E-state index < -0.39 is 8.07 Å². The van der Waals surface area contributed by atoms with Gasteiger partial charge in [-0.3, -0.25) is 0 Å². The summed E-state index contributed by atoms with van der Waals surface area (Å²) in [5.41, 5.74) is 1.87. The molecule has 2 aromatic heterocycles. The molecule has 0 radical (unpaired) electrons. The number of ether oxygens (including phenoxy) is 1. The van der Waals surface area contributed by atoms with Crippen molar-refractivity contribution in [3.8, 4) is 6.07 Å². The Labute approximate surface area is 121 Å². The Morgan fingerprint density at radius 2 is 2.20 bits per heavy atom. The Kier molecular flexibility index (Phi) is 4.58. The smallest absolute Gasteiger partial charge is 0.141 e. The molecule has 20 heavy (non-hydrogen) atoms. The van der Waals surface area contributed by atoms with Gasteiger partial charge in [0.2, 0.25) is 0 Å². The van der Waals surface area contributed by atoms with Crippen LogP contribution in [0.5, 0.6) is 0 Å². The van der Waals surface area contributed by atoms with Gasteiger partial charge in [0, 0.05) is 32.5 Å². The fourth-order valence-electron chi connectivity index (χ4n) is 1.96. The molecule has 2 rings (SSSR count). The van der Waals surface area contributed by atoms with Gasteiger partial charge in [-0.15, -0.1) is 0 Å². The maximum Gasteiger partial charge on any atom is 0.141 e. The van der Waals surface area contributed by atoms with Gasteiger partial charge in [-0.1, -0.05) is 19.6 Å². The van der Waals surface area contributed by atoms with Gasteiger partial charge in [-0.05, 0) is 23.7 Å². The first-order chi connectivity index (χ1) is 9.49. The van der Waals surface area contributed by atoms with Crippen LogP contribution in [0.25, 0.3) is 11.0 Å². The normalized spacial score (nSPS) is 11.7. The average Bonchev–Trinajstić information content (AvgIpc) is 2.76. The van der Waals surface area contributed by atoms with Crippen LogP contribution >= 0.6 is 0 Å². The molecule has 0 fully saturated rings. The Morgan fingerprint density at radius 1 is 1.40 bits per heavy atom. The summed E-state index contributed by atoms with van der Waals surface area (Å²) >= 11 is 0. The Bertz CT molecular complexity index is 622. The first kappa shape index (κ1) is 14.8. The first-order valence-electron chi connectivity index (χ1n) is 6.88. The molecule has 4 nitrogen and oxygen atoms in total. The highest BCUT2D eigenvalue weighted by molar-refractivity contribution is 6.76. The highest BCUT2D eigenvalue weighted by Gasteiger charge is 2.12. The highest BCUT2D eigenvalue weighted by Crippen LogP contribution is 2.16. The van der Waals surface area contributed by atoms with Gasteiger partial charge in [0.15, 0.2) is 0 Å². The van der Waals surface area contributed by atoms with Crippen LogP contribution in [0.2, 0.25) is 25.7 Å². The number of hydrogen-bond donors (Lipinski definition) is 0. The van der Waals surface area contributed by atoms with E-state index in [1.807, 2.05) is 22.9 Å². The average molecular weight is 287 g/mol. The number of nitriles is 1. The largest absolute Gasteiger partial charge is 0.361 e. The van der Waals surface area contributed by atoms with E-state index in [4.69, 9.17) is 10.00 Å². The summed E-state index contributed by atoms with van der Waals surface area (Å²) in [4.78, 5) is 4.43. The second-order valence-electron chi connectivity index (χ2n) is 6.22. The lowest BCUT2D eigenvalue weighted by Gasteiger charge is -2.15. The standard InChI is InChI=1S/C15H21N3OSi/c1-20(2,3)9-8-19-12-18-7-5-14-10-13(4-6-16)11-17-15(14)18/h5,7,10-11H,4,8-9,12H2,1-3H3. The zero-order valence-corrected chi connectivity index (χ0v) is 13.4. The number of hydrogen-bond acceptors (Lipinski definition) is 3. The van der Waals surface area contributed by atoms with Crippen LogP contribution < -0.4 is 0 Å². The maximum absolute atomic E-state index is 8.71. The molecule has 0 aromatic carbocycles. The summed E-state index contributed by atoms with van der Waals surface area (Å²) in [7, 11) is -1.03. The van der Waals surface area contributed by atoms with Crippen molar-refractivity contribution in [1.82, 2.24) is 9.55 Å². The monoisotopic (exact) mass is 287 g/mol. The van der Waals surface area contributed by atoms with Crippen LogP contribution in [-0.4, -0.2) is 24.2 Å². The number of nitrogens with zero attached hydrogens (tertiary/aromatic N) is 3. The molecule has 0 aliphatic carbocycles. The summed E-state index contributed by atoms with van der Waals surface area (Å²) in [5, 5.41) is 9.77. The molecule has 0 N–H and O–H groups in total. The number of aromatic nitrogens is 2. The van der Waals surface area contributed by atoms with Crippen molar-refractivity contribution in [1.29, 1.82) is 5.26 Å². The lowest BCUT2D eigenvalue weighted by atomic mass is 10.2. The third-order valence-corrected chi connectivity index (χ3v) is 4.87. The zero-order valence-electron chi connectivity index (χ0n) is 12.4. The molecular formula is C15H21N3OSi.